The number of para-hydroxylation sites is 4. The first-order valence-electron chi connectivity index (χ1n) is 23.8. The summed E-state index contributed by atoms with van der Waals surface area (Å²) in [5.41, 5.74) is 19.6. The molecule has 1 spiro atoms. The van der Waals surface area contributed by atoms with Gasteiger partial charge < -0.3 is 9.80 Å². The zero-order valence-corrected chi connectivity index (χ0v) is 39.2. The molecule has 0 saturated carbocycles. The molecule has 0 heterocycles. The minimum atomic E-state index is -0.582. The zero-order valence-electron chi connectivity index (χ0n) is 39.2. The fraction of sp³-hybridized carbons (Fsp3) is 0.138. The van der Waals surface area contributed by atoms with Crippen LogP contribution in [0.25, 0.3) is 43.8 Å². The molecule has 0 unspecified atom stereocenters. The van der Waals surface area contributed by atoms with Crippen molar-refractivity contribution in [1.29, 1.82) is 0 Å². The van der Waals surface area contributed by atoms with Crippen LogP contribution in [-0.4, -0.2) is 0 Å². The van der Waals surface area contributed by atoms with E-state index in [9.17, 15) is 0 Å². The fourth-order valence-corrected chi connectivity index (χ4v) is 11.3. The minimum absolute atomic E-state index is 0.0168. The van der Waals surface area contributed by atoms with Crippen molar-refractivity contribution in [2.45, 2.75) is 57.8 Å². The molecule has 10 aromatic carbocycles. The van der Waals surface area contributed by atoms with Crippen molar-refractivity contribution in [3.63, 3.8) is 0 Å². The fourth-order valence-electron chi connectivity index (χ4n) is 11.3. The van der Waals surface area contributed by atoms with E-state index >= 15 is 0 Å². The van der Waals surface area contributed by atoms with E-state index < -0.39 is 5.41 Å². The van der Waals surface area contributed by atoms with Gasteiger partial charge in [0, 0.05) is 34.1 Å². The smallest absolute Gasteiger partial charge is 0.0737 e. The Kier molecular flexibility index (Phi) is 9.25. The molecule has 67 heavy (non-hydrogen) atoms. The van der Waals surface area contributed by atoms with E-state index in [1.54, 1.807) is 0 Å². The molecule has 2 aliphatic rings. The Hall–Kier alpha value is -7.68. The summed E-state index contributed by atoms with van der Waals surface area (Å²) in [7, 11) is 0. The van der Waals surface area contributed by atoms with E-state index in [0.29, 0.717) is 0 Å². The first kappa shape index (κ1) is 40.8. The maximum Gasteiger partial charge on any atom is 0.0737 e. The number of hydrogen-bond acceptors (Lipinski definition) is 2. The highest BCUT2D eigenvalue weighted by Gasteiger charge is 2.53. The third-order valence-electron chi connectivity index (χ3n) is 14.5. The SMILES string of the molecule is CC(C)(C)c1ccc2c(c1)-c1cc(C(C)(C)C)ccc1C21c2c(ccc3cc(N(c4ccccc4)c4ccccc4)ccc23)-c2ccc3cc(N(c4ccccc4)c4ccccc4)ccc3c21. The maximum absolute atomic E-state index is 2.52. The summed E-state index contributed by atoms with van der Waals surface area (Å²) in [4.78, 5) is 4.75. The predicted octanol–water partition coefficient (Wildman–Crippen LogP) is 17.9. The highest BCUT2D eigenvalue weighted by Crippen LogP contribution is 2.66. The summed E-state index contributed by atoms with van der Waals surface area (Å²) >= 11 is 0. The molecule has 0 amide bonds. The molecule has 0 bridgehead atoms. The lowest BCUT2D eigenvalue weighted by Crippen LogP contribution is -2.27. The van der Waals surface area contributed by atoms with Gasteiger partial charge in [-0.15, -0.1) is 0 Å². The maximum atomic E-state index is 2.52. The normalized spacial score (nSPS) is 13.3. The van der Waals surface area contributed by atoms with Gasteiger partial charge in [-0.3, -0.25) is 0 Å². The molecule has 10 aromatic rings. The predicted molar refractivity (Wildman–Crippen MR) is 285 cm³/mol. The summed E-state index contributed by atoms with van der Waals surface area (Å²) in [5.74, 6) is 0. The summed E-state index contributed by atoms with van der Waals surface area (Å²) in [5, 5.41) is 5.00. The van der Waals surface area contributed by atoms with Gasteiger partial charge in [-0.25, -0.2) is 0 Å². The molecule has 0 N–H and O–H groups in total. The standard InChI is InChI=1S/C65H54N2/c1-63(2,3)45-29-37-59-57(41-45)58-42-46(64(4,5)6)30-38-60(58)65(59)61-53-35-31-51(66(47-19-11-7-12-20-47)48-21-13-8-14-22-48)39-43(53)27-33-55(61)56-34-28-44-40-52(32-36-54(44)62(56)65)67(49-23-15-9-16-24-49)50-25-17-10-18-26-50/h7-42H,1-6H3. The second kappa shape index (κ2) is 15.2. The van der Waals surface area contributed by atoms with E-state index in [4.69, 9.17) is 0 Å². The Balaban J connectivity index is 1.16. The van der Waals surface area contributed by atoms with Crippen molar-refractivity contribution < 1.29 is 0 Å². The molecule has 2 aliphatic carbocycles. The second-order valence-corrected chi connectivity index (χ2v) is 20.6. The number of benzene rings is 10. The Morgan fingerprint density at radius 1 is 0.299 bits per heavy atom. The van der Waals surface area contributed by atoms with E-state index in [2.05, 4.69) is 270 Å². The van der Waals surface area contributed by atoms with Crippen LogP contribution >= 0.6 is 0 Å². The van der Waals surface area contributed by atoms with Gasteiger partial charge in [-0.2, -0.15) is 0 Å². The van der Waals surface area contributed by atoms with Crippen LogP contribution in [0.3, 0.4) is 0 Å². The summed E-state index contributed by atoms with van der Waals surface area (Å²) in [6.07, 6.45) is 0. The molecular weight excluding hydrogens is 809 g/mol. The molecule has 0 aromatic heterocycles. The quantitative estimate of drug-likeness (QED) is 0.164. The molecule has 0 radical (unpaired) electrons. The molecule has 324 valence electrons. The van der Waals surface area contributed by atoms with Crippen LogP contribution in [-0.2, 0) is 16.2 Å². The highest BCUT2D eigenvalue weighted by molar-refractivity contribution is 6.10. The average molecular weight is 863 g/mol. The van der Waals surface area contributed by atoms with Crippen LogP contribution < -0.4 is 9.80 Å². The van der Waals surface area contributed by atoms with Crippen molar-refractivity contribution in [3.05, 3.63) is 252 Å². The van der Waals surface area contributed by atoms with E-state index in [1.165, 1.54) is 77.2 Å². The molecule has 12 rings (SSSR count). The highest BCUT2D eigenvalue weighted by atomic mass is 15.1. The largest absolute Gasteiger partial charge is 0.310 e. The van der Waals surface area contributed by atoms with Crippen molar-refractivity contribution >= 4 is 55.7 Å². The van der Waals surface area contributed by atoms with E-state index in [-0.39, 0.29) is 10.8 Å². The second-order valence-electron chi connectivity index (χ2n) is 20.6. The molecule has 0 fully saturated rings. The van der Waals surface area contributed by atoms with Crippen molar-refractivity contribution in [2.75, 3.05) is 9.80 Å². The van der Waals surface area contributed by atoms with Crippen LogP contribution in [0.5, 0.6) is 0 Å². The Morgan fingerprint density at radius 2 is 0.642 bits per heavy atom. The summed E-state index contributed by atoms with van der Waals surface area (Å²) in [6, 6.07) is 81.7. The van der Waals surface area contributed by atoms with Crippen molar-refractivity contribution in [3.8, 4) is 22.3 Å². The Bertz CT molecular complexity index is 3210. The first-order valence-corrected chi connectivity index (χ1v) is 23.8. The van der Waals surface area contributed by atoms with Gasteiger partial charge in [-0.1, -0.05) is 187 Å². The number of nitrogens with zero attached hydrogens (tertiary/aromatic N) is 2. The molecule has 2 heteroatoms. The van der Waals surface area contributed by atoms with Crippen LogP contribution in [0, 0.1) is 0 Å². The van der Waals surface area contributed by atoms with Crippen LogP contribution in [0.4, 0.5) is 34.1 Å². The van der Waals surface area contributed by atoms with Gasteiger partial charge >= 0.3 is 0 Å². The van der Waals surface area contributed by atoms with Gasteiger partial charge in [0.25, 0.3) is 0 Å². The number of anilines is 6. The third-order valence-corrected chi connectivity index (χ3v) is 14.5. The minimum Gasteiger partial charge on any atom is -0.310 e. The van der Waals surface area contributed by atoms with Gasteiger partial charge in [-0.05, 0) is 161 Å². The number of fused-ring (bicyclic) bond motifs is 14. The third kappa shape index (κ3) is 6.38. The lowest BCUT2D eigenvalue weighted by atomic mass is 9.68. The summed E-state index contributed by atoms with van der Waals surface area (Å²) < 4.78 is 0. The molecule has 0 atom stereocenters. The van der Waals surface area contributed by atoms with E-state index in [0.717, 1.165) is 34.1 Å². The number of rotatable bonds is 6. The van der Waals surface area contributed by atoms with Crippen LogP contribution in [0.1, 0.15) is 74.9 Å². The lowest BCUT2D eigenvalue weighted by molar-refractivity contribution is 0.589. The summed E-state index contributed by atoms with van der Waals surface area (Å²) in [6.45, 7) is 14.0. The average Bonchev–Trinajstić information content (AvgIpc) is 3.81. The monoisotopic (exact) mass is 862 g/mol. The van der Waals surface area contributed by atoms with Crippen molar-refractivity contribution in [1.82, 2.24) is 0 Å². The molecular formula is C65H54N2. The van der Waals surface area contributed by atoms with Crippen LogP contribution in [0.15, 0.2) is 218 Å². The Labute approximate surface area is 395 Å². The van der Waals surface area contributed by atoms with Gasteiger partial charge in [0.15, 0.2) is 0 Å². The molecule has 0 aliphatic heterocycles. The van der Waals surface area contributed by atoms with Crippen molar-refractivity contribution in [2.24, 2.45) is 0 Å². The van der Waals surface area contributed by atoms with Crippen LogP contribution in [0.2, 0.25) is 0 Å². The Morgan fingerprint density at radius 3 is 0.970 bits per heavy atom. The van der Waals surface area contributed by atoms with Gasteiger partial charge in [0.1, 0.15) is 0 Å². The first-order chi connectivity index (χ1) is 32.5. The molecule has 0 saturated heterocycles. The van der Waals surface area contributed by atoms with Gasteiger partial charge in [0.2, 0.25) is 0 Å². The van der Waals surface area contributed by atoms with Gasteiger partial charge in [0.05, 0.1) is 5.41 Å². The molecule has 2 nitrogen and oxygen atoms in total. The lowest BCUT2D eigenvalue weighted by Gasteiger charge is -2.33. The number of hydrogen-bond donors (Lipinski definition) is 0. The topological polar surface area (TPSA) is 6.48 Å². The zero-order chi connectivity index (χ0) is 45.7. The van der Waals surface area contributed by atoms with E-state index in [1.807, 2.05) is 0 Å².